The molecule has 2 aliphatic rings. The number of ether oxygens (including phenoxy) is 1. The van der Waals surface area contributed by atoms with E-state index >= 15 is 0 Å². The number of anilines is 1. The molecule has 98 valence electrons. The fourth-order valence-corrected chi connectivity index (χ4v) is 2.57. The van der Waals surface area contributed by atoms with Crippen LogP contribution in [0.15, 0.2) is 35.9 Å². The molecule has 4 nitrogen and oxygen atoms in total. The topological polar surface area (TPSA) is 52.9 Å². The molecule has 1 unspecified atom stereocenters. The number of nitrogens with zero attached hydrogens (tertiary/aromatic N) is 1. The number of rotatable bonds is 1. The van der Waals surface area contributed by atoms with Crippen LogP contribution in [-0.4, -0.2) is 30.4 Å². The molecular formula is C15H15NO3. The van der Waals surface area contributed by atoms with E-state index in [0.29, 0.717) is 5.56 Å². The Bertz CT molecular complexity index is 629. The van der Waals surface area contributed by atoms with Crippen LogP contribution in [0.2, 0.25) is 0 Å². The number of phenols is 2. The van der Waals surface area contributed by atoms with Gasteiger partial charge in [-0.25, -0.2) is 0 Å². The lowest BCUT2D eigenvalue weighted by atomic mass is 9.92. The van der Waals surface area contributed by atoms with Crippen molar-refractivity contribution in [3.8, 4) is 17.2 Å². The van der Waals surface area contributed by atoms with Gasteiger partial charge in [-0.2, -0.15) is 0 Å². The monoisotopic (exact) mass is 257 g/mol. The average Bonchev–Trinajstić information content (AvgIpc) is 2.44. The van der Waals surface area contributed by atoms with E-state index in [2.05, 4.69) is 6.08 Å². The number of hydrogen-bond donors (Lipinski definition) is 2. The van der Waals surface area contributed by atoms with E-state index < -0.39 is 0 Å². The third-order valence-electron chi connectivity index (χ3n) is 3.62. The van der Waals surface area contributed by atoms with Crippen LogP contribution in [-0.2, 0) is 0 Å². The highest BCUT2D eigenvalue weighted by Gasteiger charge is 2.28. The van der Waals surface area contributed by atoms with Gasteiger partial charge in [0.2, 0.25) is 5.75 Å². The molecule has 0 bridgehead atoms. The number of fused-ring (bicyclic) bond motifs is 2. The molecule has 0 radical (unpaired) electrons. The largest absolute Gasteiger partial charge is 0.504 e. The van der Waals surface area contributed by atoms with E-state index in [1.807, 2.05) is 36.3 Å². The van der Waals surface area contributed by atoms with Crippen molar-refractivity contribution in [2.24, 2.45) is 0 Å². The van der Waals surface area contributed by atoms with Crippen LogP contribution in [0.4, 0.5) is 5.69 Å². The molecule has 0 amide bonds. The van der Waals surface area contributed by atoms with Gasteiger partial charge in [0.15, 0.2) is 11.5 Å². The van der Waals surface area contributed by atoms with Crippen LogP contribution in [0.1, 0.15) is 5.56 Å². The fourth-order valence-electron chi connectivity index (χ4n) is 2.57. The highest BCUT2D eigenvalue weighted by Crippen LogP contribution is 2.47. The first-order chi connectivity index (χ1) is 9.13. The van der Waals surface area contributed by atoms with Crippen molar-refractivity contribution < 1.29 is 14.9 Å². The zero-order chi connectivity index (χ0) is 13.6. The second-order valence-electron chi connectivity index (χ2n) is 4.65. The van der Waals surface area contributed by atoms with Crippen molar-refractivity contribution in [1.29, 1.82) is 0 Å². The molecule has 1 heterocycles. The molecule has 1 aromatic rings. The van der Waals surface area contributed by atoms with E-state index in [9.17, 15) is 10.2 Å². The van der Waals surface area contributed by atoms with Gasteiger partial charge in [0.1, 0.15) is 0 Å². The first-order valence-electron chi connectivity index (χ1n) is 6.05. The number of allylic oxidation sites excluding steroid dienone is 2. The quantitative estimate of drug-likeness (QED) is 0.759. The van der Waals surface area contributed by atoms with E-state index in [-0.39, 0.29) is 23.3 Å². The Labute approximate surface area is 111 Å². The molecule has 1 aliphatic heterocycles. The van der Waals surface area contributed by atoms with Crippen LogP contribution in [0.5, 0.6) is 17.2 Å². The Morgan fingerprint density at radius 2 is 2.00 bits per heavy atom. The summed E-state index contributed by atoms with van der Waals surface area (Å²) in [5.41, 5.74) is 2.53. The Hall–Kier alpha value is -2.36. The highest BCUT2D eigenvalue weighted by atomic mass is 16.5. The summed E-state index contributed by atoms with van der Waals surface area (Å²) in [6.07, 6.45) is 9.95. The summed E-state index contributed by atoms with van der Waals surface area (Å²) >= 11 is 0. The number of phenolic OH excluding ortho intramolecular Hbond substituents is 2. The summed E-state index contributed by atoms with van der Waals surface area (Å²) in [7, 11) is 3.42. The maximum absolute atomic E-state index is 10.1. The van der Waals surface area contributed by atoms with E-state index in [1.54, 1.807) is 6.07 Å². The second kappa shape index (κ2) is 4.09. The van der Waals surface area contributed by atoms with Crippen molar-refractivity contribution in [3.63, 3.8) is 0 Å². The smallest absolute Gasteiger partial charge is 0.201 e. The molecule has 2 N–H and O–H groups in total. The van der Waals surface area contributed by atoms with Crippen LogP contribution in [0.3, 0.4) is 0 Å². The molecule has 0 fully saturated rings. The Kier molecular flexibility index (Phi) is 2.52. The fraction of sp³-hybridized carbons (Fsp3) is 0.200. The summed E-state index contributed by atoms with van der Waals surface area (Å²) in [5, 5.41) is 20.0. The second-order valence-corrected chi connectivity index (χ2v) is 4.65. The molecule has 4 heteroatoms. The Balaban J connectivity index is 2.25. The number of aromatic hydroxyl groups is 2. The van der Waals surface area contributed by atoms with Crippen molar-refractivity contribution in [3.05, 3.63) is 41.5 Å². The summed E-state index contributed by atoms with van der Waals surface area (Å²) in [4.78, 5) is 2.05. The lowest BCUT2D eigenvalue weighted by molar-refractivity contribution is 0.350. The summed E-state index contributed by atoms with van der Waals surface area (Å²) in [6.45, 7) is 0. The first kappa shape index (κ1) is 11.7. The third-order valence-corrected chi connectivity index (χ3v) is 3.62. The van der Waals surface area contributed by atoms with E-state index in [1.165, 1.54) is 7.11 Å². The first-order valence-corrected chi connectivity index (χ1v) is 6.05. The lowest BCUT2D eigenvalue weighted by Crippen LogP contribution is -2.34. The molecule has 19 heavy (non-hydrogen) atoms. The zero-order valence-electron chi connectivity index (χ0n) is 10.8. The van der Waals surface area contributed by atoms with Crippen LogP contribution in [0.25, 0.3) is 6.08 Å². The van der Waals surface area contributed by atoms with Crippen molar-refractivity contribution in [2.45, 2.75) is 6.04 Å². The van der Waals surface area contributed by atoms with Gasteiger partial charge in [-0.15, -0.1) is 0 Å². The number of hydrogen-bond acceptors (Lipinski definition) is 4. The molecular weight excluding hydrogens is 242 g/mol. The predicted molar refractivity (Wildman–Crippen MR) is 74.8 cm³/mol. The summed E-state index contributed by atoms with van der Waals surface area (Å²) in [6, 6.07) is 1.88. The van der Waals surface area contributed by atoms with Crippen LogP contribution >= 0.6 is 0 Å². The normalized spacial score (nSPS) is 19.8. The Morgan fingerprint density at radius 3 is 2.74 bits per heavy atom. The van der Waals surface area contributed by atoms with E-state index in [0.717, 1.165) is 11.3 Å². The van der Waals surface area contributed by atoms with Crippen molar-refractivity contribution >= 4 is 11.8 Å². The molecule has 1 atom stereocenters. The van der Waals surface area contributed by atoms with Crippen molar-refractivity contribution in [1.82, 2.24) is 0 Å². The Morgan fingerprint density at radius 1 is 1.21 bits per heavy atom. The minimum absolute atomic E-state index is 0.143. The molecule has 0 spiro atoms. The van der Waals surface area contributed by atoms with Crippen LogP contribution in [0, 0.1) is 0 Å². The molecule has 0 saturated heterocycles. The van der Waals surface area contributed by atoms with Gasteiger partial charge >= 0.3 is 0 Å². The molecule has 3 rings (SSSR count). The lowest BCUT2D eigenvalue weighted by Gasteiger charge is -2.35. The van der Waals surface area contributed by atoms with E-state index in [4.69, 9.17) is 4.74 Å². The molecule has 0 saturated carbocycles. The number of likely N-dealkylation sites (N-methyl/N-ethyl adjacent to an activating group) is 1. The standard InChI is InChI=1S/C15H15NO3/c1-16-11-6-4-3-5-9(11)7-10-12(16)8-13(19-2)15(18)14(10)17/h3-8,11,17-18H,1-2H3. The number of methoxy groups -OCH3 is 1. The predicted octanol–water partition coefficient (Wildman–Crippen LogP) is 2.43. The zero-order valence-corrected chi connectivity index (χ0v) is 10.8. The highest BCUT2D eigenvalue weighted by molar-refractivity contribution is 5.84. The van der Waals surface area contributed by atoms with Gasteiger partial charge < -0.3 is 19.8 Å². The molecule has 1 aromatic carbocycles. The molecule has 1 aliphatic carbocycles. The van der Waals surface area contributed by atoms with Crippen LogP contribution < -0.4 is 9.64 Å². The summed E-state index contributed by atoms with van der Waals surface area (Å²) in [5.74, 6) is -0.0920. The van der Waals surface area contributed by atoms with Gasteiger partial charge in [-0.05, 0) is 11.6 Å². The maximum atomic E-state index is 10.1. The van der Waals surface area contributed by atoms with Gasteiger partial charge in [0.05, 0.1) is 18.8 Å². The van der Waals surface area contributed by atoms with Crippen molar-refractivity contribution in [2.75, 3.05) is 19.1 Å². The maximum Gasteiger partial charge on any atom is 0.201 e. The minimum atomic E-state index is -0.222. The average molecular weight is 257 g/mol. The minimum Gasteiger partial charge on any atom is -0.504 e. The van der Waals surface area contributed by atoms with Gasteiger partial charge in [-0.3, -0.25) is 0 Å². The number of benzene rings is 1. The molecule has 0 aromatic heterocycles. The van der Waals surface area contributed by atoms with Gasteiger partial charge in [-0.1, -0.05) is 24.3 Å². The van der Waals surface area contributed by atoms with Gasteiger partial charge in [0, 0.05) is 18.7 Å². The summed E-state index contributed by atoms with van der Waals surface area (Å²) < 4.78 is 5.09. The van der Waals surface area contributed by atoms with Gasteiger partial charge in [0.25, 0.3) is 0 Å². The third kappa shape index (κ3) is 1.60. The SMILES string of the molecule is COc1cc2c(c(O)c1O)C=C1C=CC=CC1N2C.